The summed E-state index contributed by atoms with van der Waals surface area (Å²) in [6.45, 7) is 6.72. The highest BCUT2D eigenvalue weighted by atomic mass is 32.2. The maximum Gasteiger partial charge on any atom is 0.341 e. The van der Waals surface area contributed by atoms with Gasteiger partial charge in [0.05, 0.1) is 18.5 Å². The zero-order chi connectivity index (χ0) is 13.2. The van der Waals surface area contributed by atoms with Crippen LogP contribution >= 0.6 is 11.8 Å². The Balaban J connectivity index is 2.18. The molecule has 1 aliphatic heterocycles. The molecule has 1 atom stereocenters. The van der Waals surface area contributed by atoms with E-state index in [1.165, 1.54) is 0 Å². The Morgan fingerprint density at radius 3 is 3.11 bits per heavy atom. The second-order valence-corrected chi connectivity index (χ2v) is 7.02. The second kappa shape index (κ2) is 5.34. The molecule has 1 unspecified atom stereocenters. The number of nitrogens with one attached hydrogen (secondary N) is 1. The van der Waals surface area contributed by atoms with Crippen LogP contribution in [0.25, 0.3) is 0 Å². The molecule has 0 aromatic carbocycles. The van der Waals surface area contributed by atoms with E-state index in [1.807, 2.05) is 18.7 Å². The van der Waals surface area contributed by atoms with Gasteiger partial charge in [0, 0.05) is 10.7 Å². The summed E-state index contributed by atoms with van der Waals surface area (Å²) in [4.78, 5) is 11.8. The summed E-state index contributed by atoms with van der Waals surface area (Å²) in [5, 5.41) is 7.01. The Labute approximate surface area is 112 Å². The van der Waals surface area contributed by atoms with E-state index in [-0.39, 0.29) is 10.7 Å². The average molecular weight is 268 g/mol. The Hall–Kier alpha value is -0.970. The van der Waals surface area contributed by atoms with Gasteiger partial charge in [-0.25, -0.2) is 4.79 Å². The summed E-state index contributed by atoms with van der Waals surface area (Å²) in [6.07, 6.45) is 3.73. The van der Waals surface area contributed by atoms with Gasteiger partial charge in [0.1, 0.15) is 5.56 Å². The fourth-order valence-corrected chi connectivity index (χ4v) is 3.73. The molecule has 0 saturated carbocycles. The van der Waals surface area contributed by atoms with E-state index in [0.717, 1.165) is 24.3 Å². The Morgan fingerprint density at radius 2 is 2.44 bits per heavy atom. The smallest absolute Gasteiger partial charge is 0.341 e. The minimum atomic E-state index is -0.266. The number of thioether (sulfide) groups is 1. The topological polar surface area (TPSA) is 55.0 Å². The van der Waals surface area contributed by atoms with E-state index in [2.05, 4.69) is 24.0 Å². The van der Waals surface area contributed by atoms with E-state index in [9.17, 15) is 4.79 Å². The van der Waals surface area contributed by atoms with Crippen LogP contribution in [0, 0.1) is 0 Å². The normalized spacial score (nSPS) is 22.7. The maximum atomic E-state index is 11.8. The van der Waals surface area contributed by atoms with Crippen LogP contribution in [0.15, 0.2) is 6.20 Å². The van der Waals surface area contributed by atoms with Gasteiger partial charge in [-0.2, -0.15) is 16.9 Å². The zero-order valence-electron chi connectivity index (χ0n) is 11.2. The molecular weight excluding hydrogens is 248 g/mol. The minimum Gasteiger partial charge on any atom is -0.462 e. The van der Waals surface area contributed by atoms with Crippen molar-refractivity contribution in [2.75, 3.05) is 12.4 Å². The first-order valence-electron chi connectivity index (χ1n) is 6.38. The van der Waals surface area contributed by atoms with Gasteiger partial charge < -0.3 is 4.74 Å². The number of H-pyrrole nitrogens is 1. The molecule has 5 heteroatoms. The number of carbonyl (C=O) groups excluding carboxylic acids is 1. The zero-order valence-corrected chi connectivity index (χ0v) is 12.0. The molecule has 4 nitrogen and oxygen atoms in total. The Morgan fingerprint density at radius 1 is 1.67 bits per heavy atom. The number of aromatic amines is 1. The molecule has 18 heavy (non-hydrogen) atoms. The van der Waals surface area contributed by atoms with Crippen molar-refractivity contribution in [2.45, 2.75) is 44.3 Å². The van der Waals surface area contributed by atoms with Crippen molar-refractivity contribution < 1.29 is 9.53 Å². The number of hydrogen-bond acceptors (Lipinski definition) is 4. The third-order valence-corrected chi connectivity index (χ3v) is 4.66. The molecular formula is C13H20N2O2S. The lowest BCUT2D eigenvalue weighted by Crippen LogP contribution is -2.26. The van der Waals surface area contributed by atoms with Crippen molar-refractivity contribution in [2.24, 2.45) is 0 Å². The molecule has 1 aliphatic rings. The van der Waals surface area contributed by atoms with Crippen LogP contribution in [0.2, 0.25) is 0 Å². The Bertz CT molecular complexity index is 428. The van der Waals surface area contributed by atoms with E-state index in [1.54, 1.807) is 6.20 Å². The van der Waals surface area contributed by atoms with Crippen molar-refractivity contribution in [3.05, 3.63) is 17.5 Å². The summed E-state index contributed by atoms with van der Waals surface area (Å²) >= 11 is 2.00. The van der Waals surface area contributed by atoms with Crippen molar-refractivity contribution >= 4 is 17.7 Å². The van der Waals surface area contributed by atoms with Crippen molar-refractivity contribution in [1.29, 1.82) is 0 Å². The van der Waals surface area contributed by atoms with Crippen LogP contribution in [-0.2, 0) is 4.74 Å². The molecule has 2 heterocycles. The lowest BCUT2D eigenvalue weighted by atomic mass is 9.89. The summed E-state index contributed by atoms with van der Waals surface area (Å²) in [7, 11) is 0. The fraction of sp³-hybridized carbons (Fsp3) is 0.692. The van der Waals surface area contributed by atoms with Crippen LogP contribution in [0.3, 0.4) is 0 Å². The fourth-order valence-electron chi connectivity index (χ4n) is 2.46. The maximum absolute atomic E-state index is 11.8. The first-order chi connectivity index (χ1) is 8.53. The number of aromatic nitrogens is 2. The van der Waals surface area contributed by atoms with Crippen LogP contribution < -0.4 is 0 Å². The minimum absolute atomic E-state index is 0.264. The predicted molar refractivity (Wildman–Crippen MR) is 73.1 cm³/mol. The number of nitrogens with zero attached hydrogens (tertiary/aromatic N) is 1. The molecule has 1 aromatic heterocycles. The molecule has 1 saturated heterocycles. The van der Waals surface area contributed by atoms with Crippen LogP contribution in [0.4, 0.5) is 0 Å². The van der Waals surface area contributed by atoms with Crippen LogP contribution in [0.1, 0.15) is 55.6 Å². The van der Waals surface area contributed by atoms with Gasteiger partial charge in [0.25, 0.3) is 0 Å². The largest absolute Gasteiger partial charge is 0.462 e. The van der Waals surface area contributed by atoms with Gasteiger partial charge in [-0.05, 0) is 25.5 Å². The van der Waals surface area contributed by atoms with Gasteiger partial charge in [-0.3, -0.25) is 5.10 Å². The molecule has 0 bridgehead atoms. The van der Waals surface area contributed by atoms with E-state index >= 15 is 0 Å². The number of rotatable bonds is 3. The standard InChI is InChI=1S/C13H20N2O2S/c1-4-17-12(16)10-8-14-15-11(10)9-5-6-18-13(2,3)7-9/h8-9H,4-7H2,1-3H3,(H,14,15). The third-order valence-electron chi connectivity index (χ3n) is 3.27. The van der Waals surface area contributed by atoms with Crippen molar-refractivity contribution in [3.63, 3.8) is 0 Å². The number of carbonyl (C=O) groups is 1. The predicted octanol–water partition coefficient (Wildman–Crippen LogP) is 2.98. The third kappa shape index (κ3) is 2.88. The van der Waals surface area contributed by atoms with E-state index in [4.69, 9.17) is 4.74 Å². The van der Waals surface area contributed by atoms with Crippen molar-refractivity contribution in [3.8, 4) is 0 Å². The highest BCUT2D eigenvalue weighted by Crippen LogP contribution is 2.43. The summed E-state index contributed by atoms with van der Waals surface area (Å²) in [5.74, 6) is 1.24. The molecule has 2 rings (SSSR count). The van der Waals surface area contributed by atoms with E-state index < -0.39 is 0 Å². The summed E-state index contributed by atoms with van der Waals surface area (Å²) in [5.41, 5.74) is 1.55. The lowest BCUT2D eigenvalue weighted by Gasteiger charge is -2.34. The number of hydrogen-bond donors (Lipinski definition) is 1. The van der Waals surface area contributed by atoms with Gasteiger partial charge in [0.2, 0.25) is 0 Å². The van der Waals surface area contributed by atoms with Gasteiger partial charge in [-0.1, -0.05) is 13.8 Å². The quantitative estimate of drug-likeness (QED) is 0.856. The molecule has 1 N–H and O–H groups in total. The first-order valence-corrected chi connectivity index (χ1v) is 7.36. The molecule has 0 spiro atoms. The molecule has 1 aromatic rings. The molecule has 0 amide bonds. The highest BCUT2D eigenvalue weighted by Gasteiger charge is 2.32. The van der Waals surface area contributed by atoms with Gasteiger partial charge in [0.15, 0.2) is 0 Å². The number of esters is 1. The first kappa shape index (κ1) is 13.5. The SMILES string of the molecule is CCOC(=O)c1cn[nH]c1C1CCSC(C)(C)C1. The molecule has 0 aliphatic carbocycles. The lowest BCUT2D eigenvalue weighted by molar-refractivity contribution is 0.0524. The Kier molecular flexibility index (Phi) is 4.00. The highest BCUT2D eigenvalue weighted by molar-refractivity contribution is 8.00. The van der Waals surface area contributed by atoms with E-state index in [0.29, 0.717) is 18.1 Å². The van der Waals surface area contributed by atoms with Crippen LogP contribution in [-0.4, -0.2) is 33.3 Å². The number of ether oxygens (including phenoxy) is 1. The molecule has 100 valence electrons. The summed E-state index contributed by atoms with van der Waals surface area (Å²) in [6, 6.07) is 0. The van der Waals surface area contributed by atoms with Crippen molar-refractivity contribution in [1.82, 2.24) is 10.2 Å². The molecule has 0 radical (unpaired) electrons. The monoisotopic (exact) mass is 268 g/mol. The average Bonchev–Trinajstić information content (AvgIpc) is 2.76. The van der Waals surface area contributed by atoms with Crippen LogP contribution in [0.5, 0.6) is 0 Å². The molecule has 1 fully saturated rings. The second-order valence-electron chi connectivity index (χ2n) is 5.22. The van der Waals surface area contributed by atoms with Gasteiger partial charge in [-0.15, -0.1) is 0 Å². The summed E-state index contributed by atoms with van der Waals surface area (Å²) < 4.78 is 5.33. The van der Waals surface area contributed by atoms with Gasteiger partial charge >= 0.3 is 5.97 Å².